The second kappa shape index (κ2) is 9.41. The van der Waals surface area contributed by atoms with Crippen molar-refractivity contribution < 1.29 is 14.3 Å². The largest absolute Gasteiger partial charge is 0.381 e. The molecule has 0 aliphatic carbocycles. The predicted octanol–water partition coefficient (Wildman–Crippen LogP) is 4.01. The number of anilines is 1. The van der Waals surface area contributed by atoms with Crippen molar-refractivity contribution >= 4 is 45.5 Å². The lowest BCUT2D eigenvalue weighted by Gasteiger charge is -2.34. The molecular formula is C21H28ClN3O3S. The minimum Gasteiger partial charge on any atom is -0.381 e. The molecule has 1 unspecified atom stereocenters. The van der Waals surface area contributed by atoms with Crippen molar-refractivity contribution in [1.29, 1.82) is 0 Å². The second-order valence-electron chi connectivity index (χ2n) is 7.55. The van der Waals surface area contributed by atoms with Crippen molar-refractivity contribution in [2.45, 2.75) is 46.6 Å². The molecule has 0 spiro atoms. The molecule has 6 nitrogen and oxygen atoms in total. The molecule has 2 aliphatic heterocycles. The summed E-state index contributed by atoms with van der Waals surface area (Å²) in [5, 5.41) is 3.93. The van der Waals surface area contributed by atoms with E-state index in [1.807, 2.05) is 19.9 Å². The average Bonchev–Trinajstić information content (AvgIpc) is 2.96. The van der Waals surface area contributed by atoms with Gasteiger partial charge >= 0.3 is 0 Å². The number of thiophene rings is 1. The Morgan fingerprint density at radius 2 is 2.03 bits per heavy atom. The molecule has 2 aliphatic rings. The topological polar surface area (TPSA) is 71.0 Å². The minimum atomic E-state index is -0.422. The summed E-state index contributed by atoms with van der Waals surface area (Å²) in [6.07, 6.45) is 3.82. The first kappa shape index (κ1) is 22.0. The monoisotopic (exact) mass is 437 g/mol. The summed E-state index contributed by atoms with van der Waals surface area (Å²) in [6.45, 7) is 10.3. The van der Waals surface area contributed by atoms with Gasteiger partial charge in [-0.2, -0.15) is 0 Å². The molecule has 1 atom stereocenters. The molecule has 3 rings (SSSR count). The maximum atomic E-state index is 12.9. The Hall–Kier alpha value is -1.70. The van der Waals surface area contributed by atoms with Crippen LogP contribution in [-0.2, 0) is 9.53 Å². The molecule has 1 fully saturated rings. The molecule has 8 heteroatoms. The third kappa shape index (κ3) is 4.73. The molecule has 2 amide bonds. The van der Waals surface area contributed by atoms with E-state index in [0.717, 1.165) is 48.7 Å². The summed E-state index contributed by atoms with van der Waals surface area (Å²) in [5.41, 5.74) is 3.00. The number of aliphatic imine (C=N–C) groups is 1. The summed E-state index contributed by atoms with van der Waals surface area (Å²) >= 11 is 7.94. The highest BCUT2D eigenvalue weighted by Gasteiger charge is 2.29. The van der Waals surface area contributed by atoms with E-state index < -0.39 is 5.92 Å². The van der Waals surface area contributed by atoms with Crippen molar-refractivity contribution in [3.05, 3.63) is 27.1 Å². The van der Waals surface area contributed by atoms with Crippen LogP contribution in [0.15, 0.2) is 16.6 Å². The summed E-state index contributed by atoms with van der Waals surface area (Å²) in [4.78, 5) is 31.4. The second-order valence-corrected chi connectivity index (χ2v) is 9.15. The van der Waals surface area contributed by atoms with Gasteiger partial charge in [0.2, 0.25) is 0 Å². The number of nitrogens with one attached hydrogen (secondary N) is 1. The highest BCUT2D eigenvalue weighted by molar-refractivity contribution is 7.20. The number of rotatable bonds is 6. The Bertz CT molecular complexity index is 856. The Morgan fingerprint density at radius 3 is 2.66 bits per heavy atom. The first-order chi connectivity index (χ1) is 13.8. The van der Waals surface area contributed by atoms with E-state index in [-0.39, 0.29) is 18.4 Å². The fraction of sp³-hybridized carbons (Fsp3) is 0.571. The van der Waals surface area contributed by atoms with Gasteiger partial charge in [0.1, 0.15) is 4.34 Å². The van der Waals surface area contributed by atoms with Crippen LogP contribution < -0.4 is 10.2 Å². The fourth-order valence-corrected chi connectivity index (χ4v) is 5.62. The SMILES string of the molecule is CCN(c1sc(Cl)c(C(=O)NCC2C(=O)N=C(C)C=C2C)c1C)C1CCOCC1. The fourth-order valence-electron chi connectivity index (χ4n) is 4.01. The number of carbonyl (C=O) groups excluding carboxylic acids is 2. The maximum absolute atomic E-state index is 12.9. The van der Waals surface area contributed by atoms with Crippen molar-refractivity contribution in [2.24, 2.45) is 10.9 Å². The first-order valence-electron chi connectivity index (χ1n) is 10.0. The van der Waals surface area contributed by atoms with Crippen LogP contribution in [0.5, 0.6) is 0 Å². The van der Waals surface area contributed by atoms with Gasteiger partial charge in [-0.3, -0.25) is 9.59 Å². The number of amides is 2. The zero-order chi connectivity index (χ0) is 21.1. The van der Waals surface area contributed by atoms with Crippen molar-refractivity contribution in [3.63, 3.8) is 0 Å². The van der Waals surface area contributed by atoms with Crippen LogP contribution in [0.4, 0.5) is 5.00 Å². The highest BCUT2D eigenvalue weighted by Crippen LogP contribution is 2.40. The van der Waals surface area contributed by atoms with Crippen LogP contribution in [0.2, 0.25) is 4.34 Å². The summed E-state index contributed by atoms with van der Waals surface area (Å²) in [5.74, 6) is -0.882. The first-order valence-corrected chi connectivity index (χ1v) is 11.2. The van der Waals surface area contributed by atoms with Gasteiger partial charge in [0.25, 0.3) is 11.8 Å². The van der Waals surface area contributed by atoms with Gasteiger partial charge in [0, 0.05) is 38.1 Å². The number of allylic oxidation sites excluding steroid dienone is 1. The van der Waals surface area contributed by atoms with Gasteiger partial charge in [-0.05, 0) is 52.2 Å². The van der Waals surface area contributed by atoms with Crippen molar-refractivity contribution in [1.82, 2.24) is 5.32 Å². The van der Waals surface area contributed by atoms with E-state index in [9.17, 15) is 9.59 Å². The molecule has 0 saturated carbocycles. The van der Waals surface area contributed by atoms with Crippen LogP contribution in [-0.4, -0.2) is 49.9 Å². The Kier molecular flexibility index (Phi) is 7.14. The zero-order valence-electron chi connectivity index (χ0n) is 17.4. The van der Waals surface area contributed by atoms with Gasteiger partial charge in [-0.15, -0.1) is 11.3 Å². The number of ether oxygens (including phenoxy) is 1. The number of nitrogens with zero attached hydrogens (tertiary/aromatic N) is 2. The van der Waals surface area contributed by atoms with Crippen LogP contribution in [0.1, 0.15) is 49.5 Å². The molecule has 0 aromatic carbocycles. The summed E-state index contributed by atoms with van der Waals surface area (Å²) in [6, 6.07) is 0.395. The maximum Gasteiger partial charge on any atom is 0.254 e. The summed E-state index contributed by atoms with van der Waals surface area (Å²) in [7, 11) is 0. The molecule has 1 saturated heterocycles. The molecule has 0 radical (unpaired) electrons. The predicted molar refractivity (Wildman–Crippen MR) is 119 cm³/mol. The minimum absolute atomic E-state index is 0.215. The van der Waals surface area contributed by atoms with Crippen LogP contribution in [0, 0.1) is 12.8 Å². The van der Waals surface area contributed by atoms with Gasteiger partial charge in [-0.25, -0.2) is 4.99 Å². The van der Waals surface area contributed by atoms with Crippen molar-refractivity contribution in [3.8, 4) is 0 Å². The molecule has 1 N–H and O–H groups in total. The third-order valence-corrected chi connectivity index (χ3v) is 7.11. The van der Waals surface area contributed by atoms with E-state index in [0.29, 0.717) is 21.7 Å². The number of hydrogen-bond donors (Lipinski definition) is 1. The Balaban J connectivity index is 1.74. The summed E-state index contributed by atoms with van der Waals surface area (Å²) < 4.78 is 5.97. The third-order valence-electron chi connectivity index (χ3n) is 5.58. The Labute approximate surface area is 181 Å². The lowest BCUT2D eigenvalue weighted by Crippen LogP contribution is -2.39. The molecule has 0 bridgehead atoms. The molecule has 1 aromatic heterocycles. The van der Waals surface area contributed by atoms with Gasteiger partial charge in [-0.1, -0.05) is 17.2 Å². The van der Waals surface area contributed by atoms with Gasteiger partial charge in [0.05, 0.1) is 16.5 Å². The number of carbonyl (C=O) groups is 2. The molecule has 3 heterocycles. The quantitative estimate of drug-likeness (QED) is 0.729. The number of hydrogen-bond acceptors (Lipinski definition) is 5. The smallest absolute Gasteiger partial charge is 0.254 e. The Morgan fingerprint density at radius 1 is 1.34 bits per heavy atom. The molecular weight excluding hydrogens is 410 g/mol. The molecule has 29 heavy (non-hydrogen) atoms. The lowest BCUT2D eigenvalue weighted by atomic mass is 9.95. The van der Waals surface area contributed by atoms with E-state index in [1.165, 1.54) is 11.3 Å². The van der Waals surface area contributed by atoms with Crippen LogP contribution in [0.25, 0.3) is 0 Å². The van der Waals surface area contributed by atoms with Crippen LogP contribution in [0.3, 0.4) is 0 Å². The zero-order valence-corrected chi connectivity index (χ0v) is 19.0. The standard InChI is InChI=1S/C21H28ClN3O3S/c1-5-25(15-6-8-28-9-7-15)21-14(4)17(18(22)29-21)20(27)23-11-16-12(2)10-13(3)24-19(16)26/h10,15-16H,5-9,11H2,1-4H3,(H,23,27). The van der Waals surface area contributed by atoms with E-state index >= 15 is 0 Å². The molecule has 158 valence electrons. The molecule has 1 aromatic rings. The van der Waals surface area contributed by atoms with Crippen molar-refractivity contribution in [2.75, 3.05) is 31.2 Å². The number of dihydropyridines is 1. The van der Waals surface area contributed by atoms with E-state index in [1.54, 1.807) is 6.92 Å². The highest BCUT2D eigenvalue weighted by atomic mass is 35.5. The van der Waals surface area contributed by atoms with Gasteiger partial charge < -0.3 is 15.0 Å². The van der Waals surface area contributed by atoms with E-state index in [2.05, 4.69) is 22.1 Å². The number of halogens is 1. The average molecular weight is 438 g/mol. The lowest BCUT2D eigenvalue weighted by molar-refractivity contribution is -0.120. The van der Waals surface area contributed by atoms with Gasteiger partial charge in [0.15, 0.2) is 0 Å². The normalized spacial score (nSPS) is 20.3. The van der Waals surface area contributed by atoms with E-state index in [4.69, 9.17) is 16.3 Å². The van der Waals surface area contributed by atoms with Crippen LogP contribution >= 0.6 is 22.9 Å².